The maximum Gasteiger partial charge on any atom is -0.00000450 e. The van der Waals surface area contributed by atoms with Gasteiger partial charge in [0.15, 0.2) is 0 Å². The minimum atomic E-state index is -0.490. The lowest BCUT2D eigenvalue weighted by Gasteiger charge is -2.62. The van der Waals surface area contributed by atoms with Crippen molar-refractivity contribution in [3.05, 3.63) is 0 Å². The zero-order valence-corrected chi connectivity index (χ0v) is 124. The van der Waals surface area contributed by atoms with Crippen LogP contribution in [-0.4, -0.2) is 0 Å². The molecule has 0 N–H and O–H groups in total. The molecule has 0 fully saturated rings. The fourth-order valence-corrected chi connectivity index (χ4v) is 1190. The van der Waals surface area contributed by atoms with E-state index in [1.165, 1.54) is 0 Å². The Balaban J connectivity index is 12.8. The molecule has 0 aliphatic heterocycles. The highest BCUT2D eigenvalue weighted by molar-refractivity contribution is 9.58. The van der Waals surface area contributed by atoms with E-state index in [4.69, 9.17) is 8.93 Å². The van der Waals surface area contributed by atoms with E-state index in [1.807, 2.05) is 0 Å². The van der Waals surface area contributed by atoms with Crippen molar-refractivity contribution in [2.45, 2.75) is 0 Å². The number of rotatable bonds is 39. The van der Waals surface area contributed by atoms with Crippen molar-refractivity contribution in [1.29, 1.82) is 0 Å². The summed E-state index contributed by atoms with van der Waals surface area (Å²) in [5.74, 6) is 0. The molecule has 0 aromatic rings. The molecule has 0 bridgehead atoms. The number of hydrogen-bond acceptors (Lipinski definition) is 0. The van der Waals surface area contributed by atoms with E-state index < -0.39 is 41.9 Å². The molecule has 0 aliphatic carbocycles. The minimum absolute atomic E-state index is 0.318. The Labute approximate surface area is 636 Å². The third kappa shape index (κ3) is 41.0. The van der Waals surface area contributed by atoms with Gasteiger partial charge in [0.25, 0.3) is 0 Å². The lowest BCUT2D eigenvalue weighted by atomic mass is 28.4. The lowest BCUT2D eigenvalue weighted by Crippen LogP contribution is -1.75. The summed E-state index contributed by atoms with van der Waals surface area (Å²) >= 11 is 0. The summed E-state index contributed by atoms with van der Waals surface area (Å²) in [5, 5.41) is 0. The van der Waals surface area contributed by atoms with E-state index in [9.17, 15) is 0 Å². The molecule has 2 radical (unpaired) electrons. The van der Waals surface area contributed by atoms with E-state index in [0.717, 1.165) is 7.96 Å². The van der Waals surface area contributed by atoms with Crippen LogP contribution in [0.5, 0.6) is 0 Å². The van der Waals surface area contributed by atoms with Gasteiger partial charge in [0.05, 0.1) is 0 Å². The summed E-state index contributed by atoms with van der Waals surface area (Å²) in [7, 11) is 154. The molecule has 0 aliphatic rings. The van der Waals surface area contributed by atoms with Gasteiger partial charge in [-0.25, -0.2) is 0 Å². The van der Waals surface area contributed by atoms with Crippen molar-refractivity contribution >= 4 is 647 Å². The molecule has 81 heavy (non-hydrogen) atoms. The van der Waals surface area contributed by atoms with E-state index >= 15 is 0 Å². The normalized spacial score (nSPS) is 15.8. The average molecular weight is 2590 g/mol. The average Bonchev–Trinajstić information content (AvgIpc) is 3.24. The molecular formula is H81P81. The zero-order chi connectivity index (χ0) is 64.2. The van der Waals surface area contributed by atoms with Crippen LogP contribution in [0, 0.1) is 0 Å². The first-order valence-electron chi connectivity index (χ1n) is 18.4. The molecule has 0 aromatic heterocycles. The van der Waals surface area contributed by atoms with E-state index in [0.29, 0.717) is 0 Å². The van der Waals surface area contributed by atoms with Crippen LogP contribution in [0.2, 0.25) is 0 Å². The highest BCUT2D eigenvalue weighted by Gasteiger charge is 2.65. The topological polar surface area (TPSA) is 0 Å². The van der Waals surface area contributed by atoms with Crippen LogP contribution < -0.4 is 0 Å². The van der Waals surface area contributed by atoms with Gasteiger partial charge in [0.2, 0.25) is 0 Å². The molecule has 44 atom stereocenters. The second kappa shape index (κ2) is 63.7. The van der Waals surface area contributed by atoms with Crippen LogP contribution in [0.25, 0.3) is 0 Å². The highest BCUT2D eigenvalue weighted by Crippen LogP contribution is 3.52. The predicted octanol–water partition coefficient (Wildman–Crippen LogP) is 48.1. The molecule has 486 valence electrons. The molecule has 0 spiro atoms. The van der Waals surface area contributed by atoms with Crippen molar-refractivity contribution in [1.82, 2.24) is 0 Å². The summed E-state index contributed by atoms with van der Waals surface area (Å²) in [4.78, 5) is 0. The van der Waals surface area contributed by atoms with Gasteiger partial charge in [-0.2, -0.15) is 0 Å². The van der Waals surface area contributed by atoms with Crippen molar-refractivity contribution in [2.75, 3.05) is 0 Å². The standard InChI is InChI=1S/H81P81/c1-42-63(43(2)3)73(62(40)41)78(72(60(36)37)61(38)39)81(79(74(64(44(4)5)45(6)7)65(46(8)9)47(10)11)75(66(48(12)13)49(14)15)67(50(16)17)51(18)19)80(76(68(52(20)21)53(22)23)69(54(24)25)55(26)27)77(70(56(28)29)57(30)31)71(58(32)33)59(34)35/h1-2,42H,3-41H2. The van der Waals surface area contributed by atoms with Crippen molar-refractivity contribution in [2.24, 2.45) is 0 Å². The molecule has 0 saturated carbocycles. The van der Waals surface area contributed by atoms with Gasteiger partial charge in [-0.1, -0.05) is 25.8 Å². The van der Waals surface area contributed by atoms with Crippen LogP contribution in [0.15, 0.2) is 0 Å². The van der Waals surface area contributed by atoms with Gasteiger partial charge < -0.3 is 0 Å². The van der Waals surface area contributed by atoms with Gasteiger partial charge in [0, 0.05) is 0 Å². The summed E-state index contributed by atoms with van der Waals surface area (Å²) in [6.07, 6.45) is 0. The first-order chi connectivity index (χ1) is 36.9. The molecular weight excluding hydrogens is 2510 g/mol. The monoisotopic (exact) mass is 2590 g/mol. The Morgan fingerprint density at radius 2 is 0.235 bits per heavy atom. The van der Waals surface area contributed by atoms with Gasteiger partial charge in [-0.15, -0.1) is 348 Å². The van der Waals surface area contributed by atoms with E-state index in [-0.39, 0.29) is 231 Å². The Kier molecular flexibility index (Phi) is 91.1. The molecule has 0 saturated heterocycles. The van der Waals surface area contributed by atoms with Crippen LogP contribution in [-0.2, 0) is 0 Å². The Hall–Kier alpha value is 34.8. The number of hydrogen-bond donors (Lipinski definition) is 0. The fraction of sp³-hybridized carbons (Fsp3) is 0. The summed E-state index contributed by atoms with van der Waals surface area (Å²) in [5.41, 5.74) is 0. The quantitative estimate of drug-likeness (QED) is 0.0538. The second-order valence-electron chi connectivity index (χ2n) is 12.8. The molecule has 0 amide bonds. The maximum absolute atomic E-state index is 4.72. The molecule has 81 heteroatoms. The van der Waals surface area contributed by atoms with Gasteiger partial charge in [-0.3, -0.25) is 0 Å². The van der Waals surface area contributed by atoms with Crippen molar-refractivity contribution < 1.29 is 0 Å². The molecule has 0 aromatic carbocycles. The maximum atomic E-state index is 4.72. The van der Waals surface area contributed by atoms with E-state index in [1.54, 1.807) is 0 Å². The third-order valence-electron chi connectivity index (χ3n) is 7.12. The molecule has 0 rings (SSSR count). The fourth-order valence-electron chi connectivity index (χ4n) is 4.90. The molecule has 0 nitrogen and oxygen atoms in total. The third-order valence-corrected chi connectivity index (χ3v) is 577. The first kappa shape index (κ1) is 116. The molecule has 0 heterocycles. The smallest absolute Gasteiger partial charge is 0.00000450 e. The SMILES string of the molecule is [PH]PP(P([PH])P)P(P(P)P)P(P(P(P)P)P(P)P)P(P(P(P(P(P)P)P(P)P)P(P(P)P)P(P)P)P(P(P(P)P)P(P)P)P(P(P)P)P(P)P)P(P(P(P(P)P)P(P)P)P(P(P)P)P(P)P)P(P(P(P)P)P(P)P)P(P(P)P)P(P)P. The summed E-state index contributed by atoms with van der Waals surface area (Å²) < 4.78 is 0. The van der Waals surface area contributed by atoms with Crippen LogP contribution in [0.4, 0.5) is 0 Å². The molecule has 44 unspecified atom stereocenters. The van der Waals surface area contributed by atoms with Gasteiger partial charge >= 0.3 is 0 Å². The van der Waals surface area contributed by atoms with Gasteiger partial charge in [-0.05, 0) is 273 Å². The largest absolute Gasteiger partial charge is 0.102 e. The Morgan fingerprint density at radius 3 is 0.309 bits per heavy atom. The zero-order valence-electron chi connectivity index (χ0n) is 41.5. The van der Waals surface area contributed by atoms with Gasteiger partial charge in [0.1, 0.15) is 0 Å². The van der Waals surface area contributed by atoms with Crippen molar-refractivity contribution in [3.8, 4) is 0 Å². The second-order valence-corrected chi connectivity index (χ2v) is 345. The summed E-state index contributed by atoms with van der Waals surface area (Å²) in [6.45, 7) is -14.3. The highest BCUT2D eigenvalue weighted by atomic mass is 33.6. The Bertz CT molecular complexity index is 1250. The Morgan fingerprint density at radius 1 is 0.148 bits per heavy atom. The summed E-state index contributed by atoms with van der Waals surface area (Å²) in [6, 6.07) is 0. The minimum Gasteiger partial charge on any atom is -0.102 e. The van der Waals surface area contributed by atoms with Crippen LogP contribution in [0.1, 0.15) is 0 Å². The lowest BCUT2D eigenvalue weighted by molar-refractivity contribution is 4.31. The predicted molar refractivity (Wildman–Crippen MR) is 674 cm³/mol. The van der Waals surface area contributed by atoms with E-state index in [2.05, 4.69) is 357 Å². The van der Waals surface area contributed by atoms with Crippen molar-refractivity contribution in [3.63, 3.8) is 0 Å². The first-order valence-corrected chi connectivity index (χ1v) is 165. The van der Waals surface area contributed by atoms with Crippen LogP contribution in [0.3, 0.4) is 0 Å². The van der Waals surface area contributed by atoms with Crippen LogP contribution >= 0.6 is 647 Å².